The third-order valence-corrected chi connectivity index (χ3v) is 6.20. The van der Waals surface area contributed by atoms with Gasteiger partial charge in [0.1, 0.15) is 11.7 Å². The zero-order valence-corrected chi connectivity index (χ0v) is 18.9. The number of aromatic nitrogens is 2. The number of H-pyrrole nitrogens is 1. The van der Waals surface area contributed by atoms with Gasteiger partial charge in [0, 0.05) is 55.4 Å². The molecule has 1 saturated heterocycles. The Morgan fingerprint density at radius 2 is 1.90 bits per heavy atom. The fourth-order valence-corrected chi connectivity index (χ4v) is 4.56. The number of nitrogens with zero attached hydrogens (tertiary/aromatic N) is 3. The second-order valence-corrected chi connectivity index (χ2v) is 8.63. The van der Waals surface area contributed by atoms with E-state index in [2.05, 4.69) is 36.1 Å². The summed E-state index contributed by atoms with van der Waals surface area (Å²) in [5.41, 5.74) is 2.69. The molecule has 1 aliphatic heterocycles. The molecule has 1 fully saturated rings. The lowest BCUT2D eigenvalue weighted by Gasteiger charge is -2.38. The molecule has 10 heteroatoms. The van der Waals surface area contributed by atoms with Crippen LogP contribution in [0.2, 0.25) is 5.02 Å². The minimum atomic E-state index is -1.22. The molecule has 3 aromatic rings. The van der Waals surface area contributed by atoms with E-state index in [1.165, 1.54) is 0 Å². The van der Waals surface area contributed by atoms with Crippen molar-refractivity contribution in [1.29, 1.82) is 0 Å². The highest BCUT2D eigenvalue weighted by Gasteiger charge is 2.30. The fourth-order valence-electron chi connectivity index (χ4n) is 3.87. The number of pyridine rings is 1. The van der Waals surface area contributed by atoms with Gasteiger partial charge in [-0.05, 0) is 39.7 Å². The quantitative estimate of drug-likeness (QED) is 0.492. The first-order chi connectivity index (χ1) is 14.9. The Morgan fingerprint density at radius 1 is 1.19 bits per heavy atom. The monoisotopic (exact) mass is 505 g/mol. The number of anilines is 1. The van der Waals surface area contributed by atoms with Gasteiger partial charge < -0.3 is 25.2 Å². The molecular weight excluding hydrogens is 486 g/mol. The molecule has 3 N–H and O–H groups in total. The highest BCUT2D eigenvalue weighted by atomic mass is 79.9. The zero-order valence-electron chi connectivity index (χ0n) is 16.5. The van der Waals surface area contributed by atoms with Crippen LogP contribution in [0.15, 0.2) is 47.2 Å². The van der Waals surface area contributed by atoms with Crippen molar-refractivity contribution in [2.45, 2.75) is 12.5 Å². The number of carbonyl (C=O) groups excluding carboxylic acids is 1. The number of carboxylic acid groups (broad SMARTS) is 1. The van der Waals surface area contributed by atoms with Crippen molar-refractivity contribution in [3.05, 3.63) is 57.8 Å². The van der Waals surface area contributed by atoms with E-state index in [1.54, 1.807) is 35.4 Å². The number of benzene rings is 1. The van der Waals surface area contributed by atoms with Gasteiger partial charge in [-0.3, -0.25) is 4.79 Å². The van der Waals surface area contributed by atoms with Crippen molar-refractivity contribution in [3.8, 4) is 0 Å². The number of halogens is 2. The first-order valence-electron chi connectivity index (χ1n) is 9.81. The van der Waals surface area contributed by atoms with E-state index < -0.39 is 12.1 Å². The number of amides is 2. The van der Waals surface area contributed by atoms with Crippen LogP contribution < -0.4 is 10.2 Å². The molecular formula is C21H21BrClN5O3. The van der Waals surface area contributed by atoms with Gasteiger partial charge in [0.25, 0.3) is 0 Å². The van der Waals surface area contributed by atoms with Gasteiger partial charge in [-0.1, -0.05) is 23.7 Å². The van der Waals surface area contributed by atoms with E-state index in [1.807, 2.05) is 12.3 Å². The average Bonchev–Trinajstić information content (AvgIpc) is 3.23. The number of fused-ring (bicyclic) bond motifs is 1. The predicted octanol–water partition coefficient (Wildman–Crippen LogP) is 3.51. The summed E-state index contributed by atoms with van der Waals surface area (Å²) in [7, 11) is 0. The van der Waals surface area contributed by atoms with Gasteiger partial charge in [-0.25, -0.2) is 9.78 Å². The maximum atomic E-state index is 13.1. The van der Waals surface area contributed by atoms with Gasteiger partial charge in [0.2, 0.25) is 5.91 Å². The highest BCUT2D eigenvalue weighted by Crippen LogP contribution is 2.33. The number of carbonyl (C=O) groups is 2. The van der Waals surface area contributed by atoms with E-state index in [-0.39, 0.29) is 12.3 Å². The minimum absolute atomic E-state index is 0.224. The van der Waals surface area contributed by atoms with E-state index in [0.717, 1.165) is 26.8 Å². The second-order valence-electron chi connectivity index (χ2n) is 7.34. The molecule has 0 saturated carbocycles. The topological polar surface area (TPSA) is 102 Å². The molecule has 1 unspecified atom stereocenters. The lowest BCUT2D eigenvalue weighted by Crippen LogP contribution is -2.55. The summed E-state index contributed by atoms with van der Waals surface area (Å²) in [5.74, 6) is -0.224. The molecule has 1 aromatic carbocycles. The molecule has 8 nitrogen and oxygen atoms in total. The van der Waals surface area contributed by atoms with Crippen LogP contribution in [0.3, 0.4) is 0 Å². The first kappa shape index (κ1) is 21.5. The summed E-state index contributed by atoms with van der Waals surface area (Å²) >= 11 is 9.51. The average molecular weight is 507 g/mol. The molecule has 3 heterocycles. The van der Waals surface area contributed by atoms with Crippen molar-refractivity contribution in [1.82, 2.24) is 20.2 Å². The van der Waals surface area contributed by atoms with Crippen LogP contribution in [-0.4, -0.2) is 64.2 Å². The summed E-state index contributed by atoms with van der Waals surface area (Å²) in [6.07, 6.45) is 2.67. The van der Waals surface area contributed by atoms with Gasteiger partial charge >= 0.3 is 6.09 Å². The van der Waals surface area contributed by atoms with Gasteiger partial charge in [0.15, 0.2) is 0 Å². The van der Waals surface area contributed by atoms with E-state index in [9.17, 15) is 14.7 Å². The van der Waals surface area contributed by atoms with Crippen molar-refractivity contribution < 1.29 is 14.7 Å². The molecule has 0 radical (unpaired) electrons. The van der Waals surface area contributed by atoms with Crippen LogP contribution in [0.4, 0.5) is 10.5 Å². The Balaban J connectivity index is 1.46. The van der Waals surface area contributed by atoms with Crippen molar-refractivity contribution >= 4 is 56.3 Å². The molecule has 0 spiro atoms. The van der Waals surface area contributed by atoms with Crippen LogP contribution in [0.1, 0.15) is 5.56 Å². The smallest absolute Gasteiger partial charge is 0.405 e. The summed E-state index contributed by atoms with van der Waals surface area (Å²) in [4.78, 5) is 35.8. The van der Waals surface area contributed by atoms with E-state index in [0.29, 0.717) is 31.2 Å². The van der Waals surface area contributed by atoms with Crippen LogP contribution in [0.5, 0.6) is 0 Å². The SMILES string of the molecule is O=C(O)NC(Cc1ccc(Cl)cc1)C(=O)N1CCN(c2c(Br)cnc3[nH]ccc23)CC1. The number of aromatic amines is 1. The first-order valence-corrected chi connectivity index (χ1v) is 11.0. The number of piperazine rings is 1. The highest BCUT2D eigenvalue weighted by molar-refractivity contribution is 9.10. The Morgan fingerprint density at radius 3 is 2.58 bits per heavy atom. The van der Waals surface area contributed by atoms with Crippen molar-refractivity contribution in [2.75, 3.05) is 31.1 Å². The molecule has 1 atom stereocenters. The second kappa shape index (κ2) is 9.15. The van der Waals surface area contributed by atoms with Crippen molar-refractivity contribution in [2.24, 2.45) is 0 Å². The maximum Gasteiger partial charge on any atom is 0.405 e. The summed E-state index contributed by atoms with van der Waals surface area (Å²) in [6, 6.07) is 8.19. The van der Waals surface area contributed by atoms with Crippen LogP contribution in [0.25, 0.3) is 11.0 Å². The number of nitrogens with one attached hydrogen (secondary N) is 2. The Hall–Kier alpha value is -2.78. The Bertz CT molecular complexity index is 1100. The van der Waals surface area contributed by atoms with Crippen LogP contribution in [-0.2, 0) is 11.2 Å². The van der Waals surface area contributed by atoms with Crippen LogP contribution in [0, 0.1) is 0 Å². The normalized spacial score (nSPS) is 15.2. The summed E-state index contributed by atoms with van der Waals surface area (Å²) in [5, 5.41) is 13.2. The molecule has 0 bridgehead atoms. The van der Waals surface area contributed by atoms with Crippen molar-refractivity contribution in [3.63, 3.8) is 0 Å². The molecule has 0 aliphatic carbocycles. The zero-order chi connectivity index (χ0) is 22.0. The molecule has 1 aliphatic rings. The molecule has 4 rings (SSSR count). The molecule has 162 valence electrons. The van der Waals surface area contributed by atoms with Gasteiger partial charge in [0.05, 0.1) is 10.2 Å². The summed E-state index contributed by atoms with van der Waals surface area (Å²) in [6.45, 7) is 2.26. The largest absolute Gasteiger partial charge is 0.465 e. The van der Waals surface area contributed by atoms with Gasteiger partial charge in [-0.15, -0.1) is 0 Å². The van der Waals surface area contributed by atoms with E-state index in [4.69, 9.17) is 11.6 Å². The lowest BCUT2D eigenvalue weighted by atomic mass is 10.0. The third kappa shape index (κ3) is 4.77. The Kier molecular flexibility index (Phi) is 6.33. The third-order valence-electron chi connectivity index (χ3n) is 5.37. The number of hydrogen-bond acceptors (Lipinski definition) is 4. The van der Waals surface area contributed by atoms with Crippen LogP contribution >= 0.6 is 27.5 Å². The maximum absolute atomic E-state index is 13.1. The summed E-state index contributed by atoms with van der Waals surface area (Å²) < 4.78 is 0.896. The molecule has 2 amide bonds. The molecule has 2 aromatic heterocycles. The predicted molar refractivity (Wildman–Crippen MR) is 123 cm³/mol. The number of hydrogen-bond donors (Lipinski definition) is 3. The lowest BCUT2D eigenvalue weighted by molar-refractivity contribution is -0.133. The minimum Gasteiger partial charge on any atom is -0.465 e. The number of rotatable bonds is 5. The van der Waals surface area contributed by atoms with E-state index >= 15 is 0 Å². The standard InChI is InChI=1S/C21H21BrClN5O3/c22-16-12-25-19-15(5-6-24-19)18(16)27-7-9-28(10-8-27)20(29)17(26-21(30)31)11-13-1-3-14(23)4-2-13/h1-6,12,17,26H,7-11H2,(H,24,25)(H,30,31). The van der Waals surface area contributed by atoms with Gasteiger partial charge in [-0.2, -0.15) is 0 Å². The fraction of sp³-hybridized carbons (Fsp3) is 0.286. The molecule has 31 heavy (non-hydrogen) atoms. The Labute approximate surface area is 192 Å².